The molecule has 0 saturated carbocycles. The van der Waals surface area contributed by atoms with Gasteiger partial charge in [0.2, 0.25) is 0 Å². The zero-order valence-electron chi connectivity index (χ0n) is 6.40. The summed E-state index contributed by atoms with van der Waals surface area (Å²) in [4.78, 5) is 15.9. The van der Waals surface area contributed by atoms with Gasteiger partial charge < -0.3 is 9.69 Å². The minimum absolute atomic E-state index is 0.421. The molecule has 0 aliphatic rings. The average molecular weight is 150 g/mol. The van der Waals surface area contributed by atoms with Crippen LogP contribution in [0.4, 0.5) is 5.69 Å². The fraction of sp³-hybridized carbons (Fsp3) is 0.250. The van der Waals surface area contributed by atoms with Crippen molar-refractivity contribution in [2.45, 2.75) is 0 Å². The molecule has 11 heavy (non-hydrogen) atoms. The monoisotopic (exact) mass is 150 g/mol. The molecule has 0 spiro atoms. The highest BCUT2D eigenvalue weighted by Gasteiger charge is 1.96. The van der Waals surface area contributed by atoms with Gasteiger partial charge in [0.15, 0.2) is 0 Å². The normalized spacial score (nSPS) is 9.18. The largest absolute Gasteiger partial charge is 0.367 e. The lowest BCUT2D eigenvalue weighted by Gasteiger charge is -2.14. The van der Waals surface area contributed by atoms with E-state index in [2.05, 4.69) is 4.98 Å². The van der Waals surface area contributed by atoms with Crippen molar-refractivity contribution in [1.29, 1.82) is 0 Å². The minimum atomic E-state index is 0.421. The zero-order valence-corrected chi connectivity index (χ0v) is 6.40. The van der Waals surface area contributed by atoms with Gasteiger partial charge in [0, 0.05) is 25.1 Å². The number of anilines is 1. The SMILES string of the molecule is CN(CC=O)c1ccncc1. The molecule has 0 saturated heterocycles. The lowest BCUT2D eigenvalue weighted by Crippen LogP contribution is -2.18. The lowest BCUT2D eigenvalue weighted by atomic mass is 10.4. The van der Waals surface area contributed by atoms with E-state index in [0.717, 1.165) is 12.0 Å². The molecule has 0 aliphatic heterocycles. The van der Waals surface area contributed by atoms with E-state index in [9.17, 15) is 4.79 Å². The maximum absolute atomic E-state index is 10.1. The number of rotatable bonds is 3. The number of aromatic nitrogens is 1. The Morgan fingerprint density at radius 2 is 2.18 bits per heavy atom. The van der Waals surface area contributed by atoms with Crippen LogP contribution in [0.5, 0.6) is 0 Å². The Labute approximate surface area is 65.7 Å². The van der Waals surface area contributed by atoms with Crippen LogP contribution in [0.1, 0.15) is 0 Å². The maximum atomic E-state index is 10.1. The molecule has 0 unspecified atom stereocenters. The van der Waals surface area contributed by atoms with Crippen LogP contribution >= 0.6 is 0 Å². The molecule has 1 heterocycles. The van der Waals surface area contributed by atoms with E-state index in [1.807, 2.05) is 24.1 Å². The molecule has 1 aromatic heterocycles. The van der Waals surface area contributed by atoms with E-state index < -0.39 is 0 Å². The molecule has 0 bridgehead atoms. The summed E-state index contributed by atoms with van der Waals surface area (Å²) in [5, 5.41) is 0. The Morgan fingerprint density at radius 3 is 2.73 bits per heavy atom. The highest BCUT2D eigenvalue weighted by molar-refractivity contribution is 5.60. The standard InChI is InChI=1S/C8H10N2O/c1-10(6-7-11)8-2-4-9-5-3-8/h2-5,7H,6H2,1H3. The molecule has 0 atom stereocenters. The summed E-state index contributed by atoms with van der Waals surface area (Å²) in [6.45, 7) is 0.421. The van der Waals surface area contributed by atoms with Gasteiger partial charge in [-0.15, -0.1) is 0 Å². The van der Waals surface area contributed by atoms with Crippen molar-refractivity contribution < 1.29 is 4.79 Å². The molecular weight excluding hydrogens is 140 g/mol. The Balaban J connectivity index is 2.68. The summed E-state index contributed by atoms with van der Waals surface area (Å²) in [6, 6.07) is 3.73. The van der Waals surface area contributed by atoms with Gasteiger partial charge in [-0.3, -0.25) is 4.98 Å². The quantitative estimate of drug-likeness (QED) is 0.595. The Bertz CT molecular complexity index is 223. The number of likely N-dealkylation sites (N-methyl/N-ethyl adjacent to an activating group) is 1. The molecule has 1 rings (SSSR count). The van der Waals surface area contributed by atoms with Crippen LogP contribution in [-0.4, -0.2) is 24.9 Å². The van der Waals surface area contributed by atoms with Crippen molar-refractivity contribution in [3.05, 3.63) is 24.5 Å². The summed E-state index contributed by atoms with van der Waals surface area (Å²) in [5.74, 6) is 0. The van der Waals surface area contributed by atoms with Gasteiger partial charge in [0.1, 0.15) is 6.29 Å². The van der Waals surface area contributed by atoms with E-state index in [4.69, 9.17) is 0 Å². The van der Waals surface area contributed by atoms with Crippen LogP contribution in [-0.2, 0) is 4.79 Å². The van der Waals surface area contributed by atoms with Crippen molar-refractivity contribution in [2.75, 3.05) is 18.5 Å². The number of hydrogen-bond donors (Lipinski definition) is 0. The van der Waals surface area contributed by atoms with Gasteiger partial charge in [0.05, 0.1) is 6.54 Å². The van der Waals surface area contributed by atoms with Crippen LogP contribution in [0.25, 0.3) is 0 Å². The number of pyridine rings is 1. The third-order valence-electron chi connectivity index (χ3n) is 1.45. The first kappa shape index (κ1) is 7.72. The van der Waals surface area contributed by atoms with Crippen LogP contribution in [0.3, 0.4) is 0 Å². The number of nitrogens with zero attached hydrogens (tertiary/aromatic N) is 2. The second-order valence-electron chi connectivity index (χ2n) is 2.25. The second kappa shape index (κ2) is 3.71. The molecule has 1 aromatic rings. The van der Waals surface area contributed by atoms with Crippen molar-refractivity contribution >= 4 is 12.0 Å². The maximum Gasteiger partial charge on any atom is 0.139 e. The first-order valence-corrected chi connectivity index (χ1v) is 3.39. The van der Waals surface area contributed by atoms with E-state index in [1.54, 1.807) is 12.4 Å². The zero-order chi connectivity index (χ0) is 8.10. The molecule has 0 amide bonds. The lowest BCUT2D eigenvalue weighted by molar-refractivity contribution is -0.106. The molecule has 0 aromatic carbocycles. The number of aldehydes is 1. The fourth-order valence-electron chi connectivity index (χ4n) is 0.816. The van der Waals surface area contributed by atoms with Gasteiger partial charge in [0.25, 0.3) is 0 Å². The molecule has 0 fully saturated rings. The summed E-state index contributed by atoms with van der Waals surface area (Å²) in [5.41, 5.74) is 1.01. The summed E-state index contributed by atoms with van der Waals surface area (Å²) < 4.78 is 0. The van der Waals surface area contributed by atoms with Gasteiger partial charge in [-0.25, -0.2) is 0 Å². The molecule has 0 aliphatic carbocycles. The number of hydrogen-bond acceptors (Lipinski definition) is 3. The van der Waals surface area contributed by atoms with E-state index in [1.165, 1.54) is 0 Å². The molecule has 58 valence electrons. The van der Waals surface area contributed by atoms with Crippen LogP contribution in [0, 0.1) is 0 Å². The summed E-state index contributed by atoms with van der Waals surface area (Å²) >= 11 is 0. The number of carbonyl (C=O) groups is 1. The Kier molecular flexibility index (Phi) is 2.60. The summed E-state index contributed by atoms with van der Waals surface area (Å²) in [6.07, 6.45) is 4.29. The first-order chi connectivity index (χ1) is 5.34. The highest BCUT2D eigenvalue weighted by atomic mass is 16.1. The smallest absolute Gasteiger partial charge is 0.139 e. The third-order valence-corrected chi connectivity index (χ3v) is 1.45. The van der Waals surface area contributed by atoms with Crippen LogP contribution in [0.2, 0.25) is 0 Å². The fourth-order valence-corrected chi connectivity index (χ4v) is 0.816. The topological polar surface area (TPSA) is 33.2 Å². The first-order valence-electron chi connectivity index (χ1n) is 3.39. The number of carbonyl (C=O) groups excluding carboxylic acids is 1. The highest BCUT2D eigenvalue weighted by Crippen LogP contribution is 2.07. The molecule has 0 N–H and O–H groups in total. The minimum Gasteiger partial charge on any atom is -0.367 e. The Hall–Kier alpha value is -1.38. The van der Waals surface area contributed by atoms with Gasteiger partial charge >= 0.3 is 0 Å². The van der Waals surface area contributed by atoms with Gasteiger partial charge in [-0.05, 0) is 12.1 Å². The van der Waals surface area contributed by atoms with Crippen molar-refractivity contribution in [3.8, 4) is 0 Å². The molecule has 3 heteroatoms. The molecule has 0 radical (unpaired) electrons. The van der Waals surface area contributed by atoms with Crippen LogP contribution < -0.4 is 4.90 Å². The predicted molar refractivity (Wildman–Crippen MR) is 43.6 cm³/mol. The average Bonchev–Trinajstić information content (AvgIpc) is 2.07. The van der Waals surface area contributed by atoms with Gasteiger partial charge in [-0.2, -0.15) is 0 Å². The van der Waals surface area contributed by atoms with Gasteiger partial charge in [-0.1, -0.05) is 0 Å². The second-order valence-corrected chi connectivity index (χ2v) is 2.25. The van der Waals surface area contributed by atoms with E-state index in [0.29, 0.717) is 6.54 Å². The predicted octanol–water partition coefficient (Wildman–Crippen LogP) is 0.717. The third kappa shape index (κ3) is 2.04. The molecule has 3 nitrogen and oxygen atoms in total. The van der Waals surface area contributed by atoms with Crippen LogP contribution in [0.15, 0.2) is 24.5 Å². The van der Waals surface area contributed by atoms with Crippen molar-refractivity contribution in [1.82, 2.24) is 4.98 Å². The van der Waals surface area contributed by atoms with E-state index in [-0.39, 0.29) is 0 Å². The Morgan fingerprint density at radius 1 is 1.55 bits per heavy atom. The summed E-state index contributed by atoms with van der Waals surface area (Å²) in [7, 11) is 1.86. The van der Waals surface area contributed by atoms with Crippen molar-refractivity contribution in [2.24, 2.45) is 0 Å². The van der Waals surface area contributed by atoms with Crippen molar-refractivity contribution in [3.63, 3.8) is 0 Å². The van der Waals surface area contributed by atoms with E-state index >= 15 is 0 Å². The molecular formula is C8H10N2O.